The topological polar surface area (TPSA) is 462 Å². The molecule has 4 heterocycles. The van der Waals surface area contributed by atoms with E-state index in [0.717, 1.165) is 0 Å². The predicted molar refractivity (Wildman–Crippen MR) is 172 cm³/mol. The average molecular weight is 843 g/mol. The summed E-state index contributed by atoms with van der Waals surface area (Å²) in [6, 6.07) is 0. The number of carbonyl (C=O) groups is 6. The van der Waals surface area contributed by atoms with Gasteiger partial charge in [0, 0.05) is 12.8 Å². The molecule has 0 bridgehead atoms. The number of nitrogens with one attached hydrogen (secondary N) is 6. The summed E-state index contributed by atoms with van der Waals surface area (Å²) in [6.45, 7) is 0. The summed E-state index contributed by atoms with van der Waals surface area (Å²) in [5.74, 6) is -4.25. The first-order chi connectivity index (χ1) is 25.9. The number of carboxylic acid groups (broad SMARTS) is 2. The van der Waals surface area contributed by atoms with Crippen LogP contribution in [0.5, 0.6) is 0 Å². The van der Waals surface area contributed by atoms with E-state index in [1.807, 2.05) is 4.72 Å². The van der Waals surface area contributed by atoms with E-state index in [2.05, 4.69) is 87.2 Å². The Labute approximate surface area is 312 Å². The number of hydrogen-bond donors (Lipinski definition) is 8. The predicted octanol–water partition coefficient (Wildman–Crippen LogP) is -5.47. The van der Waals surface area contributed by atoms with E-state index in [-0.39, 0.29) is 74.6 Å². The first-order valence-corrected chi connectivity index (χ1v) is 18.2. The molecule has 0 aliphatic heterocycles. The molecule has 55 heavy (non-hydrogen) atoms. The van der Waals surface area contributed by atoms with Crippen LogP contribution in [0.2, 0.25) is 0 Å². The number of rotatable bonds is 18. The number of nitrogens with zero attached hydrogens (tertiary/aromatic N) is 12. The number of sulfonamides is 2. The monoisotopic (exact) mass is 842 g/mol. The molecule has 0 unspecified atom stereocenters. The quantitative estimate of drug-likeness (QED) is 0.0342. The third-order valence-corrected chi connectivity index (χ3v) is 8.03. The summed E-state index contributed by atoms with van der Waals surface area (Å²) < 4.78 is 53.7. The summed E-state index contributed by atoms with van der Waals surface area (Å²) in [5.41, 5.74) is 0. The van der Waals surface area contributed by atoms with Gasteiger partial charge in [-0.15, -0.1) is 40.8 Å². The summed E-state index contributed by atoms with van der Waals surface area (Å²) in [6.07, 6.45) is -1.09. The Kier molecular flexibility index (Phi) is 20.9. The molecule has 31 nitrogen and oxygen atoms in total. The molecule has 302 valence electrons. The van der Waals surface area contributed by atoms with E-state index in [9.17, 15) is 45.6 Å². The van der Waals surface area contributed by atoms with Crippen LogP contribution in [0, 0.1) is 0 Å². The zero-order chi connectivity index (χ0) is 41.3. The number of esters is 1. The molecule has 0 saturated heterocycles. The van der Waals surface area contributed by atoms with Gasteiger partial charge >= 0.3 is 17.9 Å². The molecule has 0 spiro atoms. The van der Waals surface area contributed by atoms with Crippen molar-refractivity contribution in [3.05, 3.63) is 23.3 Å². The Morgan fingerprint density at radius 3 is 1.27 bits per heavy atom. The van der Waals surface area contributed by atoms with Crippen molar-refractivity contribution in [1.82, 2.24) is 91.9 Å². The van der Waals surface area contributed by atoms with Crippen LogP contribution in [0.25, 0.3) is 0 Å². The molecule has 0 aromatic carbocycles. The van der Waals surface area contributed by atoms with Gasteiger partial charge in [0.05, 0.1) is 37.9 Å². The van der Waals surface area contributed by atoms with Crippen LogP contribution in [0.3, 0.4) is 0 Å². The second-order valence-electron chi connectivity index (χ2n) is 9.63. The Morgan fingerprint density at radius 2 is 0.964 bits per heavy atom. The smallest absolute Gasteiger partial charge is 0.311 e. The number of hydrogen-bond acceptors (Lipinski definition) is 23. The molecule has 4 rings (SSSR count). The highest BCUT2D eigenvalue weighted by atomic mass is 35.5. The molecule has 0 fully saturated rings. The maximum Gasteiger partial charge on any atom is 0.311 e. The van der Waals surface area contributed by atoms with Crippen molar-refractivity contribution in [3.63, 3.8) is 0 Å². The highest BCUT2D eigenvalue weighted by molar-refractivity contribution is 7.90. The molecule has 34 heteroatoms. The largest absolute Gasteiger partial charge is 0.481 e. The van der Waals surface area contributed by atoms with E-state index in [4.69, 9.17) is 21.8 Å². The minimum atomic E-state index is -3.83. The van der Waals surface area contributed by atoms with Crippen LogP contribution in [0.1, 0.15) is 49.0 Å². The fourth-order valence-electron chi connectivity index (χ4n) is 3.02. The number of amides is 2. The minimum absolute atomic E-state index is 0.0258. The van der Waals surface area contributed by atoms with Gasteiger partial charge in [0.15, 0.2) is 23.3 Å². The minimum Gasteiger partial charge on any atom is -0.481 e. The number of aromatic amines is 4. The number of methoxy groups -OCH3 is 1. The summed E-state index contributed by atoms with van der Waals surface area (Å²) >= 11 is 5.01. The van der Waals surface area contributed by atoms with E-state index in [1.165, 1.54) is 7.11 Å². The van der Waals surface area contributed by atoms with Crippen molar-refractivity contribution < 1.29 is 60.6 Å². The van der Waals surface area contributed by atoms with Gasteiger partial charge in [-0.3, -0.25) is 38.2 Å². The molecule has 4 aromatic heterocycles. The highest BCUT2D eigenvalue weighted by Crippen LogP contribution is 1.98. The third-order valence-electron chi connectivity index (χ3n) is 5.16. The van der Waals surface area contributed by atoms with Crippen LogP contribution in [-0.2, 0) is 79.2 Å². The maximum absolute atomic E-state index is 11.5. The van der Waals surface area contributed by atoms with Crippen LogP contribution in [-0.4, -0.2) is 163 Å². The Bertz CT molecular complexity index is 1930. The number of halogens is 1. The van der Waals surface area contributed by atoms with Gasteiger partial charge in [0.2, 0.25) is 37.1 Å². The van der Waals surface area contributed by atoms with Gasteiger partial charge in [-0.2, -0.15) is 20.9 Å². The second kappa shape index (κ2) is 24.7. The summed E-state index contributed by atoms with van der Waals surface area (Å²) in [7, 11) is -6.40. The number of ether oxygens (including phenoxy) is 1. The number of aromatic nitrogens is 16. The van der Waals surface area contributed by atoms with Crippen molar-refractivity contribution in [2.75, 3.05) is 18.6 Å². The molecule has 4 aromatic rings. The third kappa shape index (κ3) is 24.4. The second-order valence-corrected chi connectivity index (χ2v) is 13.7. The number of carbonyl (C=O) groups excluding carboxylic acids is 4. The average Bonchev–Trinajstić information content (AvgIpc) is 3.91. The van der Waals surface area contributed by atoms with Gasteiger partial charge in [-0.05, 0) is 24.4 Å². The fraction of sp³-hybridized carbons (Fsp3) is 0.524. The van der Waals surface area contributed by atoms with E-state index >= 15 is 0 Å². The lowest BCUT2D eigenvalue weighted by Gasteiger charge is -2.05. The van der Waals surface area contributed by atoms with Crippen molar-refractivity contribution in [3.8, 4) is 0 Å². The van der Waals surface area contributed by atoms with Gasteiger partial charge in [-0.25, -0.2) is 16.8 Å². The molecule has 2 amide bonds. The van der Waals surface area contributed by atoms with E-state index in [0.29, 0.717) is 5.82 Å². The molecule has 8 N–H and O–H groups in total. The highest BCUT2D eigenvalue weighted by Gasteiger charge is 2.18. The summed E-state index contributed by atoms with van der Waals surface area (Å²) in [5, 5.41) is 65.4. The van der Waals surface area contributed by atoms with Crippen LogP contribution in [0.4, 0.5) is 0 Å². The molecular weight excluding hydrogens is 812 g/mol. The zero-order valence-corrected chi connectivity index (χ0v) is 30.4. The van der Waals surface area contributed by atoms with Crippen molar-refractivity contribution in [2.45, 2.75) is 51.4 Å². The number of carboxylic acids is 2. The number of H-pyrrole nitrogens is 4. The zero-order valence-electron chi connectivity index (χ0n) is 28.0. The number of aliphatic carboxylic acids is 2. The first kappa shape index (κ1) is 46.5. The van der Waals surface area contributed by atoms with Crippen LogP contribution >= 0.6 is 11.6 Å². The van der Waals surface area contributed by atoms with Gasteiger partial charge in [0.25, 0.3) is 0 Å². The Balaban J connectivity index is 0.000000387. The van der Waals surface area contributed by atoms with Gasteiger partial charge in [-0.1, -0.05) is 20.9 Å². The van der Waals surface area contributed by atoms with E-state index < -0.39 is 60.8 Å². The maximum atomic E-state index is 11.5. The van der Waals surface area contributed by atoms with Crippen LogP contribution in [0.15, 0.2) is 0 Å². The van der Waals surface area contributed by atoms with Gasteiger partial charge < -0.3 is 14.9 Å². The van der Waals surface area contributed by atoms with Gasteiger partial charge in [0.1, 0.15) is 6.42 Å². The SMILES string of the molecule is COC(=O)CCCS(=O)(=O)NC(=O)Cc1nn[nH]n1.O=C(Cl)Cc1nn[nH]n1.O=C(O)CCCS(=O)(=O)NC(=O)Cc1nn[nH]n1.O=C(O)Cc1nn[nH]n1. The Morgan fingerprint density at radius 1 is 0.600 bits per heavy atom. The van der Waals surface area contributed by atoms with Crippen molar-refractivity contribution >= 4 is 66.6 Å². The normalized spacial score (nSPS) is 10.5. The fourth-order valence-corrected chi connectivity index (χ4v) is 5.23. The van der Waals surface area contributed by atoms with Crippen molar-refractivity contribution in [1.29, 1.82) is 0 Å². The molecular formula is C21H31ClN18O13S2. The van der Waals surface area contributed by atoms with Crippen LogP contribution < -0.4 is 9.44 Å². The molecule has 0 aliphatic rings. The summed E-state index contributed by atoms with van der Waals surface area (Å²) in [4.78, 5) is 63.8. The van der Waals surface area contributed by atoms with E-state index in [1.54, 1.807) is 4.72 Å². The first-order valence-electron chi connectivity index (χ1n) is 14.5. The van der Waals surface area contributed by atoms with Crippen molar-refractivity contribution in [2.24, 2.45) is 0 Å². The molecule has 0 atom stereocenters. The lowest BCUT2D eigenvalue weighted by Crippen LogP contribution is -2.34. The lowest BCUT2D eigenvalue weighted by atomic mass is 10.3. The number of tetrazole rings is 4. The Hall–Kier alpha value is -6.51. The molecule has 0 saturated carbocycles. The lowest BCUT2D eigenvalue weighted by molar-refractivity contribution is -0.141. The standard InChI is InChI=1S/C8H13N5O5S.C7H11N5O5S.C3H3ClN4O.C3H4N4O2/c1-18-8(15)3-2-4-19(16,17)11-7(14)5-6-9-12-13-10-6;13-6(4-5-8-11-12-9-5)10-18(16,17)3-1-2-7(14)15;4-2(9)1-3-5-7-8-6-3;8-3(9)1-2-4-6-7-5-2/h2-5H2,1H3,(H,11,14)(H,9,10,12,13);1-4H2,(H,10,13)(H,14,15)(H,8,9,11,12);1H2,(H,5,6,7,8);1H2,(H,8,9)(H,4,5,6,7). The molecule has 0 radical (unpaired) electrons. The molecule has 0 aliphatic carbocycles.